The van der Waals surface area contributed by atoms with Crippen molar-refractivity contribution in [2.75, 3.05) is 17.6 Å². The lowest BCUT2D eigenvalue weighted by Crippen LogP contribution is -2.29. The van der Waals surface area contributed by atoms with Crippen molar-refractivity contribution in [2.24, 2.45) is 0 Å². The maximum Gasteiger partial charge on any atom is 0.416 e. The maximum atomic E-state index is 12.6. The summed E-state index contributed by atoms with van der Waals surface area (Å²) in [5.74, 6) is 0. The largest absolute Gasteiger partial charge is 0.416 e. The van der Waals surface area contributed by atoms with Crippen molar-refractivity contribution in [3.63, 3.8) is 0 Å². The molecule has 3 nitrogen and oxygen atoms in total. The second-order valence-corrected chi connectivity index (χ2v) is 4.26. The van der Waals surface area contributed by atoms with E-state index < -0.39 is 11.7 Å². The molecule has 17 heavy (non-hydrogen) atoms. The summed E-state index contributed by atoms with van der Waals surface area (Å²) in [6, 6.07) is 2.31. The number of hydrogen-bond donors (Lipinski definition) is 3. The highest BCUT2D eigenvalue weighted by Gasteiger charge is 2.32. The van der Waals surface area contributed by atoms with Gasteiger partial charge in [-0.2, -0.15) is 13.2 Å². The van der Waals surface area contributed by atoms with Gasteiger partial charge in [0.1, 0.15) is 0 Å². The fourth-order valence-corrected chi connectivity index (χ4v) is 1.86. The fourth-order valence-electron chi connectivity index (χ4n) is 1.86. The van der Waals surface area contributed by atoms with Gasteiger partial charge in [0.2, 0.25) is 0 Å². The minimum absolute atomic E-state index is 0.144. The quantitative estimate of drug-likeness (QED) is 0.614. The van der Waals surface area contributed by atoms with E-state index in [1.54, 1.807) is 0 Å². The summed E-state index contributed by atoms with van der Waals surface area (Å²) in [5.41, 5.74) is 6.27. The molecule has 0 bridgehead atoms. The molecule has 0 saturated heterocycles. The van der Waals surface area contributed by atoms with Gasteiger partial charge >= 0.3 is 6.18 Å². The third-order valence-corrected chi connectivity index (χ3v) is 2.80. The van der Waals surface area contributed by atoms with E-state index in [4.69, 9.17) is 5.73 Å². The smallest absolute Gasteiger partial charge is 0.397 e. The fraction of sp³-hybridized carbons (Fsp3) is 0.455. The minimum Gasteiger partial charge on any atom is -0.397 e. The van der Waals surface area contributed by atoms with Gasteiger partial charge in [-0.3, -0.25) is 0 Å². The molecule has 0 spiro atoms. The predicted molar refractivity (Wildman–Crippen MR) is 60.6 cm³/mol. The Labute approximate surface area is 97.2 Å². The van der Waals surface area contributed by atoms with E-state index in [-0.39, 0.29) is 11.7 Å². The predicted octanol–water partition coefficient (Wildman–Crippen LogP) is 2.19. The molecule has 2 rings (SSSR count). The van der Waals surface area contributed by atoms with Gasteiger partial charge < -0.3 is 16.4 Å². The number of halogens is 3. The molecule has 0 radical (unpaired) electrons. The zero-order valence-electron chi connectivity index (χ0n) is 9.36. The lowest BCUT2D eigenvalue weighted by atomic mass is 10.1. The van der Waals surface area contributed by atoms with Gasteiger partial charge in [-0.15, -0.1) is 0 Å². The first-order valence-electron chi connectivity index (χ1n) is 5.35. The van der Waals surface area contributed by atoms with Crippen LogP contribution in [0.15, 0.2) is 12.1 Å². The van der Waals surface area contributed by atoms with Crippen LogP contribution in [-0.2, 0) is 12.7 Å². The monoisotopic (exact) mass is 245 g/mol. The van der Waals surface area contributed by atoms with Crippen LogP contribution in [0.25, 0.3) is 0 Å². The second kappa shape index (κ2) is 4.10. The van der Waals surface area contributed by atoms with Crippen LogP contribution < -0.4 is 16.4 Å². The van der Waals surface area contributed by atoms with E-state index in [1.165, 1.54) is 0 Å². The molecule has 0 fully saturated rings. The molecule has 4 N–H and O–H groups in total. The first kappa shape index (κ1) is 12.0. The Balaban J connectivity index is 2.44. The Morgan fingerprint density at radius 1 is 1.35 bits per heavy atom. The van der Waals surface area contributed by atoms with Crippen LogP contribution in [0.2, 0.25) is 0 Å². The normalized spacial score (nSPS) is 20.4. The zero-order chi connectivity index (χ0) is 12.6. The molecule has 1 aromatic rings. The van der Waals surface area contributed by atoms with E-state index in [0.717, 1.165) is 12.1 Å². The van der Waals surface area contributed by atoms with Crippen molar-refractivity contribution in [2.45, 2.75) is 25.7 Å². The number of fused-ring (bicyclic) bond motifs is 1. The number of benzene rings is 1. The summed E-state index contributed by atoms with van der Waals surface area (Å²) >= 11 is 0. The van der Waals surface area contributed by atoms with Crippen LogP contribution in [0, 0.1) is 0 Å². The summed E-state index contributed by atoms with van der Waals surface area (Å²) in [5, 5.41) is 6.19. The molecular weight excluding hydrogens is 231 g/mol. The minimum atomic E-state index is -4.36. The van der Waals surface area contributed by atoms with E-state index in [1.807, 2.05) is 6.92 Å². The lowest BCUT2D eigenvalue weighted by Gasteiger charge is -2.14. The molecular formula is C11H14F3N3. The molecule has 1 heterocycles. The van der Waals surface area contributed by atoms with Crippen LogP contribution in [0.3, 0.4) is 0 Å². The first-order valence-corrected chi connectivity index (χ1v) is 5.35. The number of nitrogens with two attached hydrogens (primary N) is 1. The van der Waals surface area contributed by atoms with Gasteiger partial charge in [0.05, 0.1) is 16.9 Å². The average Bonchev–Trinajstić information content (AvgIpc) is 2.40. The molecule has 0 unspecified atom stereocenters. The SMILES string of the molecule is C[C@H]1CNc2c(N)cc(C(F)(F)F)cc2CN1. The molecule has 0 amide bonds. The molecule has 1 aromatic carbocycles. The number of anilines is 2. The van der Waals surface area contributed by atoms with Crippen LogP contribution >= 0.6 is 0 Å². The van der Waals surface area contributed by atoms with Gasteiger partial charge in [0, 0.05) is 19.1 Å². The van der Waals surface area contributed by atoms with Crippen molar-refractivity contribution in [1.82, 2.24) is 5.32 Å². The zero-order valence-corrected chi connectivity index (χ0v) is 9.36. The van der Waals surface area contributed by atoms with Crippen molar-refractivity contribution in [3.05, 3.63) is 23.3 Å². The van der Waals surface area contributed by atoms with Gasteiger partial charge in [-0.1, -0.05) is 0 Å². The number of hydrogen-bond acceptors (Lipinski definition) is 3. The van der Waals surface area contributed by atoms with E-state index in [0.29, 0.717) is 24.3 Å². The van der Waals surface area contributed by atoms with Gasteiger partial charge in [-0.25, -0.2) is 0 Å². The summed E-state index contributed by atoms with van der Waals surface area (Å²) in [6.07, 6.45) is -4.36. The van der Waals surface area contributed by atoms with Gasteiger partial charge in [0.25, 0.3) is 0 Å². The molecule has 1 aliphatic heterocycles. The van der Waals surface area contributed by atoms with Crippen molar-refractivity contribution in [1.29, 1.82) is 0 Å². The first-order chi connectivity index (χ1) is 7.88. The van der Waals surface area contributed by atoms with Gasteiger partial charge in [-0.05, 0) is 24.6 Å². The Hall–Kier alpha value is -1.43. The van der Waals surface area contributed by atoms with Crippen LogP contribution in [-0.4, -0.2) is 12.6 Å². The van der Waals surface area contributed by atoms with Crippen molar-refractivity contribution >= 4 is 11.4 Å². The average molecular weight is 245 g/mol. The second-order valence-electron chi connectivity index (χ2n) is 4.26. The highest BCUT2D eigenvalue weighted by molar-refractivity contribution is 5.72. The van der Waals surface area contributed by atoms with E-state index >= 15 is 0 Å². The third kappa shape index (κ3) is 2.46. The number of nitrogen functional groups attached to an aromatic ring is 1. The number of alkyl halides is 3. The van der Waals surface area contributed by atoms with Crippen molar-refractivity contribution in [3.8, 4) is 0 Å². The highest BCUT2D eigenvalue weighted by atomic mass is 19.4. The molecule has 94 valence electrons. The van der Waals surface area contributed by atoms with Crippen LogP contribution in [0.4, 0.5) is 24.5 Å². The Morgan fingerprint density at radius 2 is 2.06 bits per heavy atom. The molecule has 1 aliphatic rings. The summed E-state index contributed by atoms with van der Waals surface area (Å²) in [4.78, 5) is 0. The molecule has 6 heteroatoms. The van der Waals surface area contributed by atoms with Crippen LogP contribution in [0.1, 0.15) is 18.1 Å². The Morgan fingerprint density at radius 3 is 2.71 bits per heavy atom. The molecule has 0 aromatic heterocycles. The Kier molecular flexibility index (Phi) is 2.91. The van der Waals surface area contributed by atoms with E-state index in [9.17, 15) is 13.2 Å². The standard InChI is InChI=1S/C11H14F3N3/c1-6-4-17-10-7(5-16-6)2-8(3-9(10)15)11(12,13)14/h2-3,6,16-17H,4-5,15H2,1H3/t6-/m0/s1. The third-order valence-electron chi connectivity index (χ3n) is 2.80. The van der Waals surface area contributed by atoms with Gasteiger partial charge in [0.15, 0.2) is 0 Å². The highest BCUT2D eigenvalue weighted by Crippen LogP contribution is 2.35. The molecule has 0 saturated carbocycles. The van der Waals surface area contributed by atoms with Crippen molar-refractivity contribution < 1.29 is 13.2 Å². The number of nitrogens with one attached hydrogen (secondary N) is 2. The number of rotatable bonds is 0. The summed E-state index contributed by atoms with van der Waals surface area (Å²) in [7, 11) is 0. The summed E-state index contributed by atoms with van der Waals surface area (Å²) < 4.78 is 37.9. The molecule has 0 aliphatic carbocycles. The molecule has 1 atom stereocenters. The summed E-state index contributed by atoms with van der Waals surface area (Å²) in [6.45, 7) is 2.99. The van der Waals surface area contributed by atoms with Crippen LogP contribution in [0.5, 0.6) is 0 Å². The topological polar surface area (TPSA) is 50.1 Å². The maximum absolute atomic E-state index is 12.6. The lowest BCUT2D eigenvalue weighted by molar-refractivity contribution is -0.137. The van der Waals surface area contributed by atoms with E-state index in [2.05, 4.69) is 10.6 Å². The Bertz CT molecular complexity index is 429.